The van der Waals surface area contributed by atoms with Crippen molar-refractivity contribution in [3.63, 3.8) is 0 Å². The summed E-state index contributed by atoms with van der Waals surface area (Å²) in [5, 5.41) is 0.516. The van der Waals surface area contributed by atoms with E-state index in [0.29, 0.717) is 29.4 Å². The van der Waals surface area contributed by atoms with Gasteiger partial charge in [0.15, 0.2) is 5.78 Å². The fraction of sp³-hybridized carbons (Fsp3) is 0.143. The van der Waals surface area contributed by atoms with E-state index in [1.54, 1.807) is 24.4 Å². The summed E-state index contributed by atoms with van der Waals surface area (Å²) in [6, 6.07) is 10.8. The number of benzene rings is 1. The molecule has 0 aliphatic carbocycles. The van der Waals surface area contributed by atoms with Gasteiger partial charge in [-0.25, -0.2) is 0 Å². The number of carbonyl (C=O) groups excluding carboxylic acids is 1. The quantitative estimate of drug-likeness (QED) is 0.775. The predicted molar refractivity (Wildman–Crippen MR) is 70.1 cm³/mol. The van der Waals surface area contributed by atoms with Crippen LogP contribution in [0.2, 0.25) is 5.02 Å². The van der Waals surface area contributed by atoms with E-state index >= 15 is 0 Å². The zero-order valence-electron chi connectivity index (χ0n) is 9.67. The molecule has 1 aromatic carbocycles. The topological polar surface area (TPSA) is 39.2 Å². The van der Waals surface area contributed by atoms with Crippen LogP contribution in [0.3, 0.4) is 0 Å². The first-order chi connectivity index (χ1) is 8.75. The third kappa shape index (κ3) is 3.57. The number of pyridine rings is 1. The molecule has 18 heavy (non-hydrogen) atoms. The number of halogens is 1. The molecule has 0 aliphatic heterocycles. The van der Waals surface area contributed by atoms with E-state index in [4.69, 9.17) is 16.3 Å². The summed E-state index contributed by atoms with van der Waals surface area (Å²) in [6.45, 7) is 0.315. The van der Waals surface area contributed by atoms with Crippen molar-refractivity contribution in [1.82, 2.24) is 4.98 Å². The fourth-order valence-corrected chi connectivity index (χ4v) is 1.67. The van der Waals surface area contributed by atoms with Gasteiger partial charge in [-0.1, -0.05) is 41.9 Å². The van der Waals surface area contributed by atoms with Gasteiger partial charge in [-0.2, -0.15) is 0 Å². The molecule has 2 rings (SSSR count). The number of rotatable bonds is 5. The van der Waals surface area contributed by atoms with Gasteiger partial charge in [-0.05, 0) is 0 Å². The summed E-state index contributed by atoms with van der Waals surface area (Å²) >= 11 is 5.77. The van der Waals surface area contributed by atoms with Crippen LogP contribution in [-0.4, -0.2) is 17.4 Å². The van der Waals surface area contributed by atoms with E-state index in [-0.39, 0.29) is 5.78 Å². The lowest BCUT2D eigenvalue weighted by atomic mass is 10.1. The van der Waals surface area contributed by atoms with E-state index in [1.807, 2.05) is 18.2 Å². The summed E-state index contributed by atoms with van der Waals surface area (Å²) < 4.78 is 5.41. The number of aromatic nitrogens is 1. The number of hydrogen-bond acceptors (Lipinski definition) is 3. The monoisotopic (exact) mass is 261 g/mol. The van der Waals surface area contributed by atoms with Crippen molar-refractivity contribution in [2.24, 2.45) is 0 Å². The van der Waals surface area contributed by atoms with Gasteiger partial charge in [0, 0.05) is 24.2 Å². The van der Waals surface area contributed by atoms with Crippen molar-refractivity contribution in [3.8, 4) is 5.75 Å². The Balaban J connectivity index is 1.84. The molecule has 0 bridgehead atoms. The molecule has 0 radical (unpaired) electrons. The van der Waals surface area contributed by atoms with E-state index in [0.717, 1.165) is 0 Å². The summed E-state index contributed by atoms with van der Waals surface area (Å²) in [5.74, 6) is 0.633. The van der Waals surface area contributed by atoms with Gasteiger partial charge in [0.1, 0.15) is 5.75 Å². The summed E-state index contributed by atoms with van der Waals surface area (Å²) in [4.78, 5) is 15.7. The second kappa shape index (κ2) is 6.17. The molecule has 1 heterocycles. The fourth-order valence-electron chi connectivity index (χ4n) is 1.50. The van der Waals surface area contributed by atoms with Crippen LogP contribution < -0.4 is 4.74 Å². The molecule has 4 heteroatoms. The predicted octanol–water partition coefficient (Wildman–Crippen LogP) is 3.39. The Kier molecular flexibility index (Phi) is 4.31. The molecule has 2 aromatic rings. The molecule has 0 saturated carbocycles. The number of ketones is 1. The molecule has 0 N–H and O–H groups in total. The minimum Gasteiger partial charge on any atom is -0.491 e. The van der Waals surface area contributed by atoms with Crippen molar-refractivity contribution < 1.29 is 9.53 Å². The summed E-state index contributed by atoms with van der Waals surface area (Å²) in [5.41, 5.74) is 0.699. The van der Waals surface area contributed by atoms with Gasteiger partial charge in [0.25, 0.3) is 0 Å². The zero-order valence-corrected chi connectivity index (χ0v) is 10.4. The first-order valence-electron chi connectivity index (χ1n) is 5.57. The normalized spacial score (nSPS) is 10.1. The minimum atomic E-state index is 0.0607. The Bertz CT molecular complexity index is 528. The van der Waals surface area contributed by atoms with Crippen LogP contribution in [0.1, 0.15) is 16.8 Å². The summed E-state index contributed by atoms with van der Waals surface area (Å²) in [6.07, 6.45) is 3.43. The van der Waals surface area contributed by atoms with E-state index in [2.05, 4.69) is 4.98 Å². The van der Waals surface area contributed by atoms with Gasteiger partial charge in [0.2, 0.25) is 0 Å². The second-order valence-corrected chi connectivity index (χ2v) is 4.16. The lowest BCUT2D eigenvalue weighted by molar-refractivity contribution is 0.0962. The van der Waals surface area contributed by atoms with Crippen LogP contribution in [0, 0.1) is 0 Å². The summed E-state index contributed by atoms with van der Waals surface area (Å²) in [7, 11) is 0. The van der Waals surface area contributed by atoms with Crippen molar-refractivity contribution in [1.29, 1.82) is 0 Å². The average Bonchev–Trinajstić information content (AvgIpc) is 2.40. The highest BCUT2D eigenvalue weighted by atomic mass is 35.5. The van der Waals surface area contributed by atoms with E-state index in [1.165, 1.54) is 6.20 Å². The Morgan fingerprint density at radius 1 is 1.22 bits per heavy atom. The maximum Gasteiger partial charge on any atom is 0.166 e. The maximum absolute atomic E-state index is 11.8. The number of Topliss-reactive ketones (excluding diaryl/α,β-unsaturated/α-hetero) is 1. The van der Waals surface area contributed by atoms with Gasteiger partial charge in [0.05, 0.1) is 17.8 Å². The van der Waals surface area contributed by atoms with Crippen molar-refractivity contribution in [2.45, 2.75) is 6.42 Å². The smallest absolute Gasteiger partial charge is 0.166 e. The molecule has 0 aliphatic rings. The average molecular weight is 262 g/mol. The van der Waals surface area contributed by atoms with Crippen LogP contribution in [-0.2, 0) is 0 Å². The third-order valence-corrected chi connectivity index (χ3v) is 2.58. The Morgan fingerprint density at radius 3 is 2.72 bits per heavy atom. The molecule has 0 atom stereocenters. The highest BCUT2D eigenvalue weighted by molar-refractivity contribution is 6.30. The first kappa shape index (κ1) is 12.6. The van der Waals surface area contributed by atoms with Crippen LogP contribution in [0.25, 0.3) is 0 Å². The molecule has 0 unspecified atom stereocenters. The Hall–Kier alpha value is -1.87. The molecule has 0 fully saturated rings. The number of hydrogen-bond donors (Lipinski definition) is 0. The van der Waals surface area contributed by atoms with Gasteiger partial charge < -0.3 is 4.74 Å². The Morgan fingerprint density at radius 2 is 2.00 bits per heavy atom. The van der Waals surface area contributed by atoms with Gasteiger partial charge in [-0.3, -0.25) is 9.78 Å². The Labute approximate surface area is 110 Å². The van der Waals surface area contributed by atoms with Crippen LogP contribution in [0.5, 0.6) is 5.75 Å². The number of nitrogens with zero attached hydrogens (tertiary/aromatic N) is 1. The molecule has 92 valence electrons. The number of carbonyl (C=O) groups is 1. The first-order valence-corrected chi connectivity index (χ1v) is 5.95. The van der Waals surface area contributed by atoms with Crippen molar-refractivity contribution >= 4 is 17.4 Å². The molecule has 3 nitrogen and oxygen atoms in total. The standard InChI is InChI=1S/C14H12ClNO2/c15-12-8-13(10-16-9-12)18-7-6-14(17)11-4-2-1-3-5-11/h1-5,8-10H,6-7H2. The highest BCUT2D eigenvalue weighted by Gasteiger charge is 2.05. The van der Waals surface area contributed by atoms with Gasteiger partial charge >= 0.3 is 0 Å². The molecule has 0 saturated heterocycles. The molecular formula is C14H12ClNO2. The molecule has 0 spiro atoms. The zero-order chi connectivity index (χ0) is 12.8. The maximum atomic E-state index is 11.8. The largest absolute Gasteiger partial charge is 0.491 e. The minimum absolute atomic E-state index is 0.0607. The lowest BCUT2D eigenvalue weighted by Gasteiger charge is -2.05. The highest BCUT2D eigenvalue weighted by Crippen LogP contribution is 2.15. The number of ether oxygens (including phenoxy) is 1. The molecule has 0 amide bonds. The van der Waals surface area contributed by atoms with E-state index < -0.39 is 0 Å². The SMILES string of the molecule is O=C(CCOc1cncc(Cl)c1)c1ccccc1. The van der Waals surface area contributed by atoms with Crippen LogP contribution >= 0.6 is 11.6 Å². The van der Waals surface area contributed by atoms with Crippen LogP contribution in [0.4, 0.5) is 0 Å². The van der Waals surface area contributed by atoms with E-state index in [9.17, 15) is 4.79 Å². The third-order valence-electron chi connectivity index (χ3n) is 2.37. The van der Waals surface area contributed by atoms with Crippen molar-refractivity contribution in [3.05, 3.63) is 59.4 Å². The molecule has 1 aromatic heterocycles. The van der Waals surface area contributed by atoms with Gasteiger partial charge in [-0.15, -0.1) is 0 Å². The second-order valence-electron chi connectivity index (χ2n) is 3.73. The lowest BCUT2D eigenvalue weighted by Crippen LogP contribution is -2.06. The molecular weight excluding hydrogens is 250 g/mol. The van der Waals surface area contributed by atoms with Crippen molar-refractivity contribution in [2.75, 3.05) is 6.61 Å². The van der Waals surface area contributed by atoms with Crippen LogP contribution in [0.15, 0.2) is 48.8 Å².